The van der Waals surface area contributed by atoms with Crippen molar-refractivity contribution in [1.82, 2.24) is 4.90 Å². The molecule has 4 nitrogen and oxygen atoms in total. The van der Waals surface area contributed by atoms with Crippen LogP contribution in [0.4, 0.5) is 13.2 Å². The fourth-order valence-electron chi connectivity index (χ4n) is 2.70. The number of likely N-dealkylation sites (tertiary alicyclic amines) is 1. The smallest absolute Gasteiger partial charge is 0.417 e. The van der Waals surface area contributed by atoms with E-state index in [4.69, 9.17) is 0 Å². The number of piperidine rings is 1. The Balaban J connectivity index is 2.02. The van der Waals surface area contributed by atoms with Crippen LogP contribution in [0.3, 0.4) is 0 Å². The first-order valence-electron chi connectivity index (χ1n) is 7.00. The van der Waals surface area contributed by atoms with Gasteiger partial charge in [0.15, 0.2) is 5.60 Å². The van der Waals surface area contributed by atoms with Gasteiger partial charge in [-0.1, -0.05) is 6.07 Å². The average molecular weight is 317 g/mol. The highest BCUT2D eigenvalue weighted by atomic mass is 19.4. The zero-order valence-corrected chi connectivity index (χ0v) is 12.1. The van der Waals surface area contributed by atoms with Gasteiger partial charge in [0, 0.05) is 18.7 Å². The maximum absolute atomic E-state index is 12.8. The third-order valence-electron chi connectivity index (χ3n) is 4.24. The summed E-state index contributed by atoms with van der Waals surface area (Å²) >= 11 is 0. The number of carbonyl (C=O) groups is 1. The van der Waals surface area contributed by atoms with Crippen molar-refractivity contribution in [2.75, 3.05) is 13.1 Å². The van der Waals surface area contributed by atoms with Gasteiger partial charge in [0.2, 0.25) is 0 Å². The molecule has 1 aromatic carbocycles. The lowest BCUT2D eigenvalue weighted by Gasteiger charge is -2.40. The van der Waals surface area contributed by atoms with Crippen molar-refractivity contribution >= 4 is 5.91 Å². The summed E-state index contributed by atoms with van der Waals surface area (Å²) in [5.41, 5.74) is -2.45. The Morgan fingerprint density at radius 1 is 1.27 bits per heavy atom. The van der Waals surface area contributed by atoms with Crippen LogP contribution in [-0.2, 0) is 0 Å². The lowest BCUT2D eigenvalue weighted by Crippen LogP contribution is -2.53. The molecule has 1 fully saturated rings. The number of phenols is 1. The molecule has 1 aliphatic rings. The molecule has 2 rings (SSSR count). The summed E-state index contributed by atoms with van der Waals surface area (Å²) < 4.78 is 38.5. The lowest BCUT2D eigenvalue weighted by atomic mass is 9.81. The first kappa shape index (κ1) is 16.6. The number of halogens is 3. The summed E-state index contributed by atoms with van der Waals surface area (Å²) in [5.74, 6) is -1.30. The number of aliphatic hydroxyl groups is 1. The largest absolute Gasteiger partial charge is 0.508 e. The third-order valence-corrected chi connectivity index (χ3v) is 4.24. The molecule has 0 radical (unpaired) electrons. The van der Waals surface area contributed by atoms with Gasteiger partial charge in [0.25, 0.3) is 5.91 Å². The summed E-state index contributed by atoms with van der Waals surface area (Å²) in [5, 5.41) is 19.1. The predicted octanol–water partition coefficient (Wildman–Crippen LogP) is 2.56. The molecule has 7 heteroatoms. The Morgan fingerprint density at radius 2 is 1.86 bits per heavy atom. The topological polar surface area (TPSA) is 60.8 Å². The summed E-state index contributed by atoms with van der Waals surface area (Å²) in [6.45, 7) is 1.07. The first-order valence-corrected chi connectivity index (χ1v) is 7.00. The Kier molecular flexibility index (Phi) is 4.37. The molecular formula is C15H18F3NO3. The van der Waals surface area contributed by atoms with E-state index < -0.39 is 17.7 Å². The van der Waals surface area contributed by atoms with Crippen molar-refractivity contribution in [2.45, 2.75) is 31.5 Å². The second-order valence-corrected chi connectivity index (χ2v) is 5.76. The summed E-state index contributed by atoms with van der Waals surface area (Å²) in [6, 6.07) is 5.83. The minimum atomic E-state index is -4.69. The standard InChI is InChI=1S/C15H18F3NO3/c1-14(22,15(16,17)18)11-5-7-19(8-6-11)13(21)10-3-2-4-12(20)9-10/h2-4,9,11,20,22H,5-8H2,1H3/t14-/m1/s1. The minimum Gasteiger partial charge on any atom is -0.508 e. The van der Waals surface area contributed by atoms with Crippen molar-refractivity contribution in [1.29, 1.82) is 0 Å². The molecule has 1 heterocycles. The van der Waals surface area contributed by atoms with E-state index in [9.17, 15) is 28.2 Å². The van der Waals surface area contributed by atoms with Crippen LogP contribution < -0.4 is 0 Å². The third kappa shape index (κ3) is 3.19. The molecule has 0 aromatic heterocycles. The summed E-state index contributed by atoms with van der Waals surface area (Å²) in [6.07, 6.45) is -4.52. The molecule has 1 amide bonds. The number of nitrogens with zero attached hydrogens (tertiary/aromatic N) is 1. The molecule has 2 N–H and O–H groups in total. The van der Waals surface area contributed by atoms with Crippen molar-refractivity contribution in [3.05, 3.63) is 29.8 Å². The lowest BCUT2D eigenvalue weighted by molar-refractivity contribution is -0.275. The zero-order valence-electron chi connectivity index (χ0n) is 12.1. The summed E-state index contributed by atoms with van der Waals surface area (Å²) in [7, 11) is 0. The highest BCUT2D eigenvalue weighted by Crippen LogP contribution is 2.40. The van der Waals surface area contributed by atoms with Gasteiger partial charge in [-0.25, -0.2) is 0 Å². The predicted molar refractivity (Wildman–Crippen MR) is 73.4 cm³/mol. The first-order chi connectivity index (χ1) is 10.1. The van der Waals surface area contributed by atoms with Crippen LogP contribution in [0.25, 0.3) is 0 Å². The van der Waals surface area contributed by atoms with Gasteiger partial charge in [0.05, 0.1) is 0 Å². The van der Waals surface area contributed by atoms with Crippen molar-refractivity contribution in [2.24, 2.45) is 5.92 Å². The van der Waals surface area contributed by atoms with Crippen molar-refractivity contribution in [3.63, 3.8) is 0 Å². The van der Waals surface area contributed by atoms with Gasteiger partial charge in [-0.3, -0.25) is 4.79 Å². The molecule has 22 heavy (non-hydrogen) atoms. The molecule has 1 saturated heterocycles. The SMILES string of the molecule is C[C@@](O)(C1CCN(C(=O)c2cccc(O)c2)CC1)C(F)(F)F. The molecule has 1 atom stereocenters. The second kappa shape index (κ2) is 5.79. The molecule has 122 valence electrons. The van der Waals surface area contributed by atoms with Gasteiger partial charge in [-0.05, 0) is 43.9 Å². The number of carbonyl (C=O) groups excluding carboxylic acids is 1. The maximum atomic E-state index is 12.8. The van der Waals surface area contributed by atoms with Gasteiger partial charge in [0.1, 0.15) is 5.75 Å². The fourth-order valence-corrected chi connectivity index (χ4v) is 2.70. The minimum absolute atomic E-state index is 0.0410. The Hall–Kier alpha value is -1.76. The van der Waals surface area contributed by atoms with Gasteiger partial charge in [-0.15, -0.1) is 0 Å². The van der Waals surface area contributed by atoms with E-state index >= 15 is 0 Å². The number of benzene rings is 1. The average Bonchev–Trinajstić information content (AvgIpc) is 2.45. The monoisotopic (exact) mass is 317 g/mol. The Bertz CT molecular complexity index is 549. The van der Waals surface area contributed by atoms with Crippen LogP contribution in [0.2, 0.25) is 0 Å². The molecule has 0 bridgehead atoms. The molecule has 0 unspecified atom stereocenters. The number of hydrogen-bond acceptors (Lipinski definition) is 3. The number of aromatic hydroxyl groups is 1. The normalized spacial score (nSPS) is 19.8. The van der Waals surface area contributed by atoms with Crippen LogP contribution >= 0.6 is 0 Å². The number of rotatable bonds is 2. The number of hydrogen-bond donors (Lipinski definition) is 2. The molecule has 1 aliphatic heterocycles. The quantitative estimate of drug-likeness (QED) is 0.881. The van der Waals surface area contributed by atoms with E-state index in [0.29, 0.717) is 5.56 Å². The van der Waals surface area contributed by atoms with E-state index in [2.05, 4.69) is 0 Å². The van der Waals surface area contributed by atoms with Crippen molar-refractivity contribution in [3.8, 4) is 5.75 Å². The second-order valence-electron chi connectivity index (χ2n) is 5.76. The molecule has 0 aliphatic carbocycles. The van der Waals surface area contributed by atoms with Crippen LogP contribution in [0.1, 0.15) is 30.1 Å². The molecule has 1 aromatic rings. The zero-order chi connectivity index (χ0) is 16.5. The van der Waals surface area contributed by atoms with Crippen LogP contribution in [0, 0.1) is 5.92 Å². The van der Waals surface area contributed by atoms with E-state index in [0.717, 1.165) is 6.92 Å². The maximum Gasteiger partial charge on any atom is 0.417 e. The molecule has 0 spiro atoms. The molecule has 0 saturated carbocycles. The molecular weight excluding hydrogens is 299 g/mol. The summed E-state index contributed by atoms with van der Waals surface area (Å²) in [4.78, 5) is 13.7. The number of phenolic OH excluding ortho intramolecular Hbond substituents is 1. The van der Waals surface area contributed by atoms with Crippen LogP contribution in [0.5, 0.6) is 5.75 Å². The number of alkyl halides is 3. The fraction of sp³-hybridized carbons (Fsp3) is 0.533. The Labute approximate surface area is 126 Å². The van der Waals surface area contributed by atoms with E-state index in [1.807, 2.05) is 0 Å². The highest BCUT2D eigenvalue weighted by molar-refractivity contribution is 5.94. The van der Waals surface area contributed by atoms with Gasteiger partial charge >= 0.3 is 6.18 Å². The highest BCUT2D eigenvalue weighted by Gasteiger charge is 2.55. The number of amides is 1. The van der Waals surface area contributed by atoms with Gasteiger partial charge < -0.3 is 15.1 Å². The van der Waals surface area contributed by atoms with E-state index in [1.54, 1.807) is 6.07 Å². The van der Waals surface area contributed by atoms with Gasteiger partial charge in [-0.2, -0.15) is 13.2 Å². The Morgan fingerprint density at radius 3 is 2.36 bits per heavy atom. The van der Waals surface area contributed by atoms with E-state index in [1.165, 1.54) is 23.1 Å². The van der Waals surface area contributed by atoms with Crippen LogP contribution in [-0.4, -0.2) is 45.9 Å². The van der Waals surface area contributed by atoms with E-state index in [-0.39, 0.29) is 37.6 Å². The van der Waals surface area contributed by atoms with Crippen LogP contribution in [0.15, 0.2) is 24.3 Å². The van der Waals surface area contributed by atoms with Crippen molar-refractivity contribution < 1.29 is 28.2 Å².